The van der Waals surface area contributed by atoms with Crippen LogP contribution < -0.4 is 10.1 Å². The maximum atomic E-state index is 14.7. The molecule has 48 heavy (non-hydrogen) atoms. The highest BCUT2D eigenvalue weighted by Crippen LogP contribution is 2.46. The summed E-state index contributed by atoms with van der Waals surface area (Å²) in [6, 6.07) is 29.6. The molecule has 12 heteroatoms. The van der Waals surface area contributed by atoms with Gasteiger partial charge in [0.05, 0.1) is 17.3 Å². The predicted molar refractivity (Wildman–Crippen MR) is 181 cm³/mol. The van der Waals surface area contributed by atoms with E-state index < -0.39 is 33.1 Å². The molecule has 11 nitrogen and oxygen atoms in total. The average Bonchev–Trinajstić information content (AvgIpc) is 3.71. The first-order valence-electron chi connectivity index (χ1n) is 15.7. The van der Waals surface area contributed by atoms with Gasteiger partial charge in [-0.05, 0) is 65.9 Å². The quantitative estimate of drug-likeness (QED) is 0.0794. The molecular formula is C36H35N5O6S. The van der Waals surface area contributed by atoms with Crippen LogP contribution in [0.25, 0.3) is 10.4 Å². The van der Waals surface area contributed by atoms with Gasteiger partial charge < -0.3 is 19.9 Å². The Hall–Kier alpha value is -5.16. The molecule has 0 saturated carbocycles. The number of aliphatic hydroxyl groups excluding tert-OH is 1. The van der Waals surface area contributed by atoms with E-state index in [1.165, 1.54) is 12.1 Å². The standard InChI is InChI=1S/C36H35N5O6S/c37-41-40-32-14-7-6-13-31(32)33-36(19-22-48(44,45)30-11-2-1-3-12-30,35(43)38-28-23-26-9-4-5-10-27(26)24-28)39-34(47-33)25-15-17-29(18-16-25)46-21-8-20-42/h1-7,9-18,28,33,42H,8,19-24H2,(H,38,43)/t33-,36-/m1/s1. The molecule has 1 amide bonds. The Balaban J connectivity index is 1.42. The number of carbonyl (C=O) groups is 1. The maximum Gasteiger partial charge on any atom is 0.252 e. The van der Waals surface area contributed by atoms with E-state index in [4.69, 9.17) is 19.6 Å². The summed E-state index contributed by atoms with van der Waals surface area (Å²) in [6.07, 6.45) is 0.394. The predicted octanol–water partition coefficient (Wildman–Crippen LogP) is 5.79. The number of sulfone groups is 1. The molecule has 0 saturated heterocycles. The van der Waals surface area contributed by atoms with Crippen LogP contribution >= 0.6 is 0 Å². The molecule has 0 aromatic heterocycles. The zero-order valence-corrected chi connectivity index (χ0v) is 26.9. The fourth-order valence-corrected chi connectivity index (χ4v) is 7.59. The maximum absolute atomic E-state index is 14.7. The van der Waals surface area contributed by atoms with Gasteiger partial charge in [0.1, 0.15) is 5.75 Å². The number of benzene rings is 4. The first kappa shape index (κ1) is 32.8. The lowest BCUT2D eigenvalue weighted by Crippen LogP contribution is -2.52. The van der Waals surface area contributed by atoms with Crippen LogP contribution in [0.2, 0.25) is 0 Å². The third kappa shape index (κ3) is 6.91. The van der Waals surface area contributed by atoms with Gasteiger partial charge in [-0.2, -0.15) is 0 Å². The zero-order valence-electron chi connectivity index (χ0n) is 26.1. The number of amides is 1. The molecule has 0 spiro atoms. The molecule has 1 aliphatic carbocycles. The Morgan fingerprint density at radius 3 is 2.33 bits per heavy atom. The van der Waals surface area contributed by atoms with Gasteiger partial charge in [0.2, 0.25) is 5.90 Å². The van der Waals surface area contributed by atoms with Crippen LogP contribution in [0, 0.1) is 0 Å². The van der Waals surface area contributed by atoms with Crippen molar-refractivity contribution in [1.82, 2.24) is 5.32 Å². The summed E-state index contributed by atoms with van der Waals surface area (Å²) in [5.74, 6) is -0.162. The largest absolute Gasteiger partial charge is 0.494 e. The Kier molecular flexibility index (Phi) is 9.77. The van der Waals surface area contributed by atoms with Crippen LogP contribution in [0.3, 0.4) is 0 Å². The summed E-state index contributed by atoms with van der Waals surface area (Å²) < 4.78 is 39.5. The van der Waals surface area contributed by atoms with Crippen molar-refractivity contribution in [2.45, 2.75) is 48.3 Å². The number of aliphatic imine (C=N–C) groups is 1. The highest BCUT2D eigenvalue weighted by molar-refractivity contribution is 7.91. The molecule has 4 aromatic rings. The molecule has 2 N–H and O–H groups in total. The first-order valence-corrected chi connectivity index (χ1v) is 17.4. The second kappa shape index (κ2) is 14.3. The van der Waals surface area contributed by atoms with Crippen molar-refractivity contribution in [2.75, 3.05) is 19.0 Å². The van der Waals surface area contributed by atoms with Gasteiger partial charge in [0, 0.05) is 47.2 Å². The van der Waals surface area contributed by atoms with E-state index >= 15 is 0 Å². The molecular weight excluding hydrogens is 630 g/mol. The normalized spacial score (nSPS) is 18.7. The van der Waals surface area contributed by atoms with Crippen LogP contribution in [-0.4, -0.2) is 55.9 Å². The van der Waals surface area contributed by atoms with Crippen molar-refractivity contribution in [2.24, 2.45) is 10.1 Å². The summed E-state index contributed by atoms with van der Waals surface area (Å²) in [4.78, 5) is 22.8. The summed E-state index contributed by atoms with van der Waals surface area (Å²) in [5.41, 5.74) is 11.1. The first-order chi connectivity index (χ1) is 23.3. The van der Waals surface area contributed by atoms with Crippen LogP contribution in [-0.2, 0) is 32.2 Å². The molecule has 1 heterocycles. The number of carbonyl (C=O) groups excluding carboxylic acids is 1. The van der Waals surface area contributed by atoms with E-state index in [1.807, 2.05) is 24.3 Å². The van der Waals surface area contributed by atoms with Crippen LogP contribution in [0.1, 0.15) is 41.2 Å². The highest BCUT2D eigenvalue weighted by Gasteiger charge is 2.54. The van der Waals surface area contributed by atoms with Crippen molar-refractivity contribution in [1.29, 1.82) is 0 Å². The number of nitrogens with one attached hydrogen (secondary N) is 1. The van der Waals surface area contributed by atoms with E-state index in [0.717, 1.165) is 11.1 Å². The van der Waals surface area contributed by atoms with Crippen molar-refractivity contribution >= 4 is 27.3 Å². The van der Waals surface area contributed by atoms with Gasteiger partial charge in [-0.25, -0.2) is 13.4 Å². The van der Waals surface area contributed by atoms with E-state index in [9.17, 15) is 18.7 Å². The molecule has 0 radical (unpaired) electrons. The van der Waals surface area contributed by atoms with Crippen molar-refractivity contribution < 1.29 is 27.8 Å². The number of nitrogens with zero attached hydrogens (tertiary/aromatic N) is 4. The summed E-state index contributed by atoms with van der Waals surface area (Å²) in [5, 5.41) is 16.1. The SMILES string of the molecule is [N-]=[N+]=Nc1ccccc1[C@H]1OC(c2ccc(OCCCO)cc2)=N[C@@]1(CCS(=O)(=O)c1ccccc1)C(=O)NC1Cc2ccccc2C1. The van der Waals surface area contributed by atoms with E-state index in [1.54, 1.807) is 66.7 Å². The van der Waals surface area contributed by atoms with Gasteiger partial charge >= 0.3 is 0 Å². The van der Waals surface area contributed by atoms with Gasteiger partial charge in [-0.3, -0.25) is 4.79 Å². The molecule has 0 bridgehead atoms. The number of fused-ring (bicyclic) bond motifs is 1. The number of hydrogen-bond donors (Lipinski definition) is 2. The summed E-state index contributed by atoms with van der Waals surface area (Å²) in [7, 11) is -3.84. The van der Waals surface area contributed by atoms with Crippen molar-refractivity contribution in [3.05, 3.63) is 136 Å². The Labute approximate surface area is 278 Å². The summed E-state index contributed by atoms with van der Waals surface area (Å²) >= 11 is 0. The van der Waals surface area contributed by atoms with Crippen LogP contribution in [0.5, 0.6) is 5.75 Å². The van der Waals surface area contributed by atoms with Crippen molar-refractivity contribution in [3.8, 4) is 5.75 Å². The molecule has 1 aliphatic heterocycles. The Bertz CT molecular complexity index is 1940. The number of hydrogen-bond acceptors (Lipinski definition) is 8. The van der Waals surface area contributed by atoms with E-state index in [-0.39, 0.29) is 35.6 Å². The fraction of sp³-hybridized carbons (Fsp3) is 0.278. The van der Waals surface area contributed by atoms with Crippen LogP contribution in [0.15, 0.2) is 118 Å². The monoisotopic (exact) mass is 665 g/mol. The number of azide groups is 1. The van der Waals surface area contributed by atoms with E-state index in [2.05, 4.69) is 15.3 Å². The average molecular weight is 666 g/mol. The lowest BCUT2D eigenvalue weighted by Gasteiger charge is -2.32. The molecule has 0 fully saturated rings. The number of rotatable bonds is 13. The van der Waals surface area contributed by atoms with Crippen LogP contribution in [0.4, 0.5) is 5.69 Å². The topological polar surface area (TPSA) is 163 Å². The minimum Gasteiger partial charge on any atom is -0.494 e. The molecule has 2 aliphatic rings. The Morgan fingerprint density at radius 1 is 0.979 bits per heavy atom. The van der Waals surface area contributed by atoms with Gasteiger partial charge in [-0.15, -0.1) is 0 Å². The lowest BCUT2D eigenvalue weighted by atomic mass is 9.84. The van der Waals surface area contributed by atoms with Gasteiger partial charge in [0.15, 0.2) is 21.5 Å². The minimum absolute atomic E-state index is 0.0124. The Morgan fingerprint density at radius 2 is 1.65 bits per heavy atom. The smallest absolute Gasteiger partial charge is 0.252 e. The van der Waals surface area contributed by atoms with Gasteiger partial charge in [-0.1, -0.05) is 71.8 Å². The summed E-state index contributed by atoms with van der Waals surface area (Å²) in [6.45, 7) is 0.355. The second-order valence-corrected chi connectivity index (χ2v) is 13.9. The molecule has 0 unspecified atom stereocenters. The van der Waals surface area contributed by atoms with Gasteiger partial charge in [0.25, 0.3) is 5.91 Å². The number of ether oxygens (including phenoxy) is 2. The third-order valence-electron chi connectivity index (χ3n) is 8.64. The molecule has 4 aromatic carbocycles. The number of aliphatic hydroxyl groups is 1. The van der Waals surface area contributed by atoms with Crippen molar-refractivity contribution in [3.63, 3.8) is 0 Å². The third-order valence-corrected chi connectivity index (χ3v) is 10.4. The molecule has 6 rings (SSSR count). The fourth-order valence-electron chi connectivity index (χ4n) is 6.20. The highest BCUT2D eigenvalue weighted by atomic mass is 32.2. The zero-order chi connectivity index (χ0) is 33.6. The second-order valence-electron chi connectivity index (χ2n) is 11.8. The molecule has 2 atom stereocenters. The van der Waals surface area contributed by atoms with E-state index in [0.29, 0.717) is 42.7 Å². The minimum atomic E-state index is -3.84. The molecule has 246 valence electrons. The lowest BCUT2D eigenvalue weighted by molar-refractivity contribution is -0.129.